The molecule has 18 heavy (non-hydrogen) atoms. The largest absolute Gasteiger partial charge is 0.481 e. The zero-order valence-electron chi connectivity index (χ0n) is 10.1. The zero-order valence-corrected chi connectivity index (χ0v) is 10.1. The van der Waals surface area contributed by atoms with Crippen LogP contribution in [0, 0.1) is 0 Å². The van der Waals surface area contributed by atoms with Gasteiger partial charge in [-0.3, -0.25) is 14.5 Å². The van der Waals surface area contributed by atoms with Crippen molar-refractivity contribution in [2.75, 3.05) is 13.2 Å². The van der Waals surface area contributed by atoms with Crippen molar-refractivity contribution in [1.29, 1.82) is 0 Å². The second-order valence-electron chi connectivity index (χ2n) is 4.08. The molecule has 6 heteroatoms. The lowest BCUT2D eigenvalue weighted by atomic mass is 10.1. The van der Waals surface area contributed by atoms with Gasteiger partial charge in [-0.1, -0.05) is 12.7 Å². The summed E-state index contributed by atoms with van der Waals surface area (Å²) >= 11 is 0. The van der Waals surface area contributed by atoms with Crippen LogP contribution in [0.25, 0.3) is 0 Å². The standard InChI is InChI=1S/C12H17NO5/c1-2-8-18-12(17)13-7-3-4-9(13)10(14)5-6-11(15)16/h2,9H,1,3-8H2,(H,15,16). The summed E-state index contributed by atoms with van der Waals surface area (Å²) in [6.45, 7) is 4.01. The molecule has 1 unspecified atom stereocenters. The van der Waals surface area contributed by atoms with E-state index in [1.54, 1.807) is 0 Å². The van der Waals surface area contributed by atoms with Gasteiger partial charge >= 0.3 is 12.1 Å². The van der Waals surface area contributed by atoms with E-state index < -0.39 is 18.1 Å². The van der Waals surface area contributed by atoms with E-state index in [4.69, 9.17) is 9.84 Å². The van der Waals surface area contributed by atoms with Crippen molar-refractivity contribution in [1.82, 2.24) is 4.90 Å². The van der Waals surface area contributed by atoms with Crippen molar-refractivity contribution in [3.8, 4) is 0 Å². The van der Waals surface area contributed by atoms with Crippen LogP contribution in [-0.4, -0.2) is 47.0 Å². The predicted molar refractivity (Wildman–Crippen MR) is 63.1 cm³/mol. The summed E-state index contributed by atoms with van der Waals surface area (Å²) < 4.78 is 4.88. The highest BCUT2D eigenvalue weighted by Crippen LogP contribution is 2.20. The van der Waals surface area contributed by atoms with Crippen molar-refractivity contribution in [3.63, 3.8) is 0 Å². The highest BCUT2D eigenvalue weighted by atomic mass is 16.6. The number of likely N-dealkylation sites (tertiary alicyclic amines) is 1. The second-order valence-corrected chi connectivity index (χ2v) is 4.08. The number of Topliss-reactive ketones (excluding diaryl/α,β-unsaturated/α-hetero) is 1. The van der Waals surface area contributed by atoms with Gasteiger partial charge in [0.05, 0.1) is 12.5 Å². The first-order valence-electron chi connectivity index (χ1n) is 5.85. The number of aliphatic carboxylic acids is 1. The summed E-state index contributed by atoms with van der Waals surface area (Å²) in [5.41, 5.74) is 0. The maximum Gasteiger partial charge on any atom is 0.410 e. The second kappa shape index (κ2) is 6.78. The maximum atomic E-state index is 11.8. The number of carbonyl (C=O) groups is 3. The quantitative estimate of drug-likeness (QED) is 0.721. The van der Waals surface area contributed by atoms with Gasteiger partial charge in [-0.05, 0) is 12.8 Å². The van der Waals surface area contributed by atoms with Crippen LogP contribution < -0.4 is 0 Å². The smallest absolute Gasteiger partial charge is 0.410 e. The van der Waals surface area contributed by atoms with Crippen LogP contribution >= 0.6 is 0 Å². The van der Waals surface area contributed by atoms with E-state index in [1.165, 1.54) is 11.0 Å². The predicted octanol–water partition coefficient (Wildman–Crippen LogP) is 1.21. The molecule has 1 atom stereocenters. The summed E-state index contributed by atoms with van der Waals surface area (Å²) in [5, 5.41) is 8.53. The Morgan fingerprint density at radius 3 is 2.72 bits per heavy atom. The molecule has 1 amide bonds. The van der Waals surface area contributed by atoms with Gasteiger partial charge in [0.15, 0.2) is 5.78 Å². The Kier molecular flexibility index (Phi) is 5.35. The van der Waals surface area contributed by atoms with Crippen molar-refractivity contribution in [2.24, 2.45) is 0 Å². The van der Waals surface area contributed by atoms with Crippen molar-refractivity contribution in [3.05, 3.63) is 12.7 Å². The van der Waals surface area contributed by atoms with Gasteiger partial charge in [-0.15, -0.1) is 0 Å². The maximum absolute atomic E-state index is 11.8. The minimum Gasteiger partial charge on any atom is -0.481 e. The van der Waals surface area contributed by atoms with E-state index >= 15 is 0 Å². The number of hydrogen-bond donors (Lipinski definition) is 1. The molecule has 1 fully saturated rings. The third-order valence-electron chi connectivity index (χ3n) is 2.77. The van der Waals surface area contributed by atoms with Gasteiger partial charge < -0.3 is 9.84 Å². The fourth-order valence-electron chi connectivity index (χ4n) is 1.93. The first kappa shape index (κ1) is 14.2. The summed E-state index contributed by atoms with van der Waals surface area (Å²) in [6.07, 6.45) is 1.96. The molecule has 0 aromatic heterocycles. The van der Waals surface area contributed by atoms with Gasteiger partial charge in [0, 0.05) is 13.0 Å². The van der Waals surface area contributed by atoms with Gasteiger partial charge in [0.25, 0.3) is 0 Å². The Balaban J connectivity index is 2.52. The van der Waals surface area contributed by atoms with Crippen LogP contribution in [0.2, 0.25) is 0 Å². The van der Waals surface area contributed by atoms with Crippen LogP contribution in [0.15, 0.2) is 12.7 Å². The number of carbonyl (C=O) groups excluding carboxylic acids is 2. The first-order chi connectivity index (χ1) is 8.56. The number of amides is 1. The fraction of sp³-hybridized carbons (Fsp3) is 0.583. The minimum absolute atomic E-state index is 0.0504. The molecule has 0 aromatic carbocycles. The monoisotopic (exact) mass is 255 g/mol. The lowest BCUT2D eigenvalue weighted by molar-refractivity contribution is -0.139. The molecular formula is C12H17NO5. The molecule has 1 N–H and O–H groups in total. The molecule has 0 aliphatic carbocycles. The van der Waals surface area contributed by atoms with Gasteiger partial charge in [-0.25, -0.2) is 4.79 Å². The van der Waals surface area contributed by atoms with E-state index in [-0.39, 0.29) is 25.2 Å². The van der Waals surface area contributed by atoms with Crippen molar-refractivity contribution < 1.29 is 24.2 Å². The topological polar surface area (TPSA) is 83.9 Å². The zero-order chi connectivity index (χ0) is 13.5. The fourth-order valence-corrected chi connectivity index (χ4v) is 1.93. The number of nitrogens with zero attached hydrogens (tertiary/aromatic N) is 1. The van der Waals surface area contributed by atoms with Crippen LogP contribution in [0.1, 0.15) is 25.7 Å². The molecule has 0 saturated carbocycles. The van der Waals surface area contributed by atoms with Gasteiger partial charge in [-0.2, -0.15) is 0 Å². The number of carboxylic acids is 1. The number of ketones is 1. The number of hydrogen-bond acceptors (Lipinski definition) is 4. The summed E-state index contributed by atoms with van der Waals surface area (Å²) in [4.78, 5) is 35.2. The Bertz CT molecular complexity index is 352. The molecular weight excluding hydrogens is 238 g/mol. The summed E-state index contributed by atoms with van der Waals surface area (Å²) in [5.74, 6) is -1.23. The number of carboxylic acid groups (broad SMARTS) is 1. The van der Waals surface area contributed by atoms with Crippen LogP contribution in [0.3, 0.4) is 0 Å². The molecule has 1 saturated heterocycles. The molecule has 0 spiro atoms. The van der Waals surface area contributed by atoms with E-state index in [0.717, 1.165) is 6.42 Å². The third kappa shape index (κ3) is 3.87. The molecule has 100 valence electrons. The summed E-state index contributed by atoms with van der Waals surface area (Å²) in [7, 11) is 0. The van der Waals surface area contributed by atoms with E-state index in [0.29, 0.717) is 13.0 Å². The van der Waals surface area contributed by atoms with E-state index in [9.17, 15) is 14.4 Å². The molecule has 1 heterocycles. The molecule has 0 bridgehead atoms. The van der Waals surface area contributed by atoms with E-state index in [2.05, 4.69) is 6.58 Å². The number of rotatable bonds is 6. The average Bonchev–Trinajstić information content (AvgIpc) is 2.82. The summed E-state index contributed by atoms with van der Waals surface area (Å²) in [6, 6.07) is -0.540. The lowest BCUT2D eigenvalue weighted by Crippen LogP contribution is -2.41. The Morgan fingerprint density at radius 1 is 1.39 bits per heavy atom. The molecule has 6 nitrogen and oxygen atoms in total. The van der Waals surface area contributed by atoms with Gasteiger partial charge in [0.1, 0.15) is 6.61 Å². The molecule has 0 radical (unpaired) electrons. The Hall–Kier alpha value is -1.85. The SMILES string of the molecule is C=CCOC(=O)N1CCCC1C(=O)CCC(=O)O. The normalized spacial score (nSPS) is 18.4. The van der Waals surface area contributed by atoms with E-state index in [1.807, 2.05) is 0 Å². The lowest BCUT2D eigenvalue weighted by Gasteiger charge is -2.22. The van der Waals surface area contributed by atoms with Crippen molar-refractivity contribution in [2.45, 2.75) is 31.7 Å². The third-order valence-corrected chi connectivity index (χ3v) is 2.77. The molecule has 1 aliphatic rings. The minimum atomic E-state index is -1.01. The van der Waals surface area contributed by atoms with Crippen LogP contribution in [-0.2, 0) is 14.3 Å². The highest BCUT2D eigenvalue weighted by Gasteiger charge is 2.34. The Morgan fingerprint density at radius 2 is 2.11 bits per heavy atom. The number of ether oxygens (including phenoxy) is 1. The molecule has 1 rings (SSSR count). The van der Waals surface area contributed by atoms with Gasteiger partial charge in [0.2, 0.25) is 0 Å². The van der Waals surface area contributed by atoms with Crippen LogP contribution in [0.4, 0.5) is 4.79 Å². The highest BCUT2D eigenvalue weighted by molar-refractivity contribution is 5.89. The van der Waals surface area contributed by atoms with Crippen LogP contribution in [0.5, 0.6) is 0 Å². The average molecular weight is 255 g/mol. The molecule has 0 aromatic rings. The first-order valence-corrected chi connectivity index (χ1v) is 5.85. The Labute approximate surface area is 105 Å². The molecule has 1 aliphatic heterocycles. The van der Waals surface area contributed by atoms with Crippen molar-refractivity contribution >= 4 is 17.8 Å².